The number of aryl methyl sites for hydroxylation is 2. The average Bonchev–Trinajstić information content (AvgIpc) is 2.95. The molecule has 29 heavy (non-hydrogen) atoms. The van der Waals surface area contributed by atoms with Gasteiger partial charge in [0.1, 0.15) is 5.69 Å². The summed E-state index contributed by atoms with van der Waals surface area (Å²) in [5.41, 5.74) is 1.63. The number of ether oxygens (including phenoxy) is 2. The Balaban J connectivity index is 2.03. The van der Waals surface area contributed by atoms with Crippen LogP contribution in [0.3, 0.4) is 0 Å². The first-order valence-electron chi connectivity index (χ1n) is 8.74. The van der Waals surface area contributed by atoms with E-state index >= 15 is 0 Å². The number of carbonyl (C=O) groups excluding carboxylic acids is 3. The summed E-state index contributed by atoms with van der Waals surface area (Å²) in [6.07, 6.45) is 0. The highest BCUT2D eigenvalue weighted by atomic mass is 16.6. The van der Waals surface area contributed by atoms with E-state index in [-0.39, 0.29) is 29.2 Å². The Morgan fingerprint density at radius 1 is 1.14 bits per heavy atom. The molecule has 0 aliphatic rings. The van der Waals surface area contributed by atoms with Crippen LogP contribution in [0.1, 0.15) is 44.6 Å². The van der Waals surface area contributed by atoms with Crippen molar-refractivity contribution in [3.8, 4) is 0 Å². The van der Waals surface area contributed by atoms with E-state index < -0.39 is 29.4 Å². The Kier molecular flexibility index (Phi) is 6.71. The summed E-state index contributed by atoms with van der Waals surface area (Å²) in [7, 11) is 0. The molecule has 0 radical (unpaired) electrons. The van der Waals surface area contributed by atoms with Crippen LogP contribution in [0.4, 0.5) is 11.4 Å². The first kappa shape index (κ1) is 21.6. The highest BCUT2D eigenvalue weighted by Gasteiger charge is 2.24. The Hall–Kier alpha value is -3.69. The molecule has 0 aliphatic carbocycles. The van der Waals surface area contributed by atoms with Crippen molar-refractivity contribution in [3.63, 3.8) is 0 Å². The number of benzene rings is 1. The number of nitro groups is 1. The zero-order valence-electron chi connectivity index (χ0n) is 16.5. The number of rotatable bonds is 7. The minimum Gasteiger partial charge on any atom is -0.462 e. The number of hydrogen-bond donors (Lipinski definition) is 2. The van der Waals surface area contributed by atoms with Crippen molar-refractivity contribution < 1.29 is 28.8 Å². The van der Waals surface area contributed by atoms with Gasteiger partial charge in [-0.3, -0.25) is 14.9 Å². The molecule has 0 spiro atoms. The lowest BCUT2D eigenvalue weighted by atomic mass is 10.1. The van der Waals surface area contributed by atoms with Crippen LogP contribution in [0, 0.1) is 30.9 Å². The van der Waals surface area contributed by atoms with Crippen molar-refractivity contribution in [2.45, 2.75) is 27.7 Å². The number of anilines is 1. The summed E-state index contributed by atoms with van der Waals surface area (Å²) in [4.78, 5) is 49.5. The number of aromatic nitrogens is 1. The third-order valence-electron chi connectivity index (χ3n) is 4.15. The van der Waals surface area contributed by atoms with Crippen LogP contribution in [0.15, 0.2) is 18.2 Å². The number of hydrogen-bond acceptors (Lipinski definition) is 7. The molecule has 2 aromatic rings. The Morgan fingerprint density at radius 3 is 2.45 bits per heavy atom. The highest BCUT2D eigenvalue weighted by Crippen LogP contribution is 2.22. The van der Waals surface area contributed by atoms with Crippen molar-refractivity contribution in [1.29, 1.82) is 0 Å². The third kappa shape index (κ3) is 4.98. The number of nitrogens with zero attached hydrogens (tertiary/aromatic N) is 1. The Labute approximate surface area is 166 Å². The van der Waals surface area contributed by atoms with E-state index in [1.807, 2.05) is 0 Å². The van der Waals surface area contributed by atoms with Gasteiger partial charge in [-0.2, -0.15) is 0 Å². The summed E-state index contributed by atoms with van der Waals surface area (Å²) in [6, 6.07) is 4.23. The molecule has 0 aliphatic heterocycles. The van der Waals surface area contributed by atoms with Gasteiger partial charge in [-0.15, -0.1) is 0 Å². The van der Waals surface area contributed by atoms with Gasteiger partial charge in [-0.25, -0.2) is 9.59 Å². The molecule has 0 fully saturated rings. The second-order valence-electron chi connectivity index (χ2n) is 6.23. The fraction of sp³-hybridized carbons (Fsp3) is 0.316. The van der Waals surface area contributed by atoms with Gasteiger partial charge >= 0.3 is 11.9 Å². The van der Waals surface area contributed by atoms with Crippen LogP contribution < -0.4 is 5.32 Å². The molecule has 154 valence electrons. The molecule has 10 heteroatoms. The lowest BCUT2D eigenvalue weighted by Crippen LogP contribution is -2.21. The maximum absolute atomic E-state index is 12.3. The van der Waals surface area contributed by atoms with E-state index in [2.05, 4.69) is 10.3 Å². The largest absolute Gasteiger partial charge is 0.462 e. The summed E-state index contributed by atoms with van der Waals surface area (Å²) in [6.45, 7) is 6.03. The number of aromatic amines is 1. The van der Waals surface area contributed by atoms with E-state index in [1.165, 1.54) is 18.2 Å². The van der Waals surface area contributed by atoms with Crippen LogP contribution >= 0.6 is 0 Å². The first-order chi connectivity index (χ1) is 13.6. The van der Waals surface area contributed by atoms with Crippen LogP contribution in [-0.2, 0) is 14.3 Å². The predicted octanol–water partition coefficient (Wildman–Crippen LogP) is 2.82. The SMILES string of the molecule is CCOC(=O)c1c(C)[nH]c(C(=O)OCC(=O)Nc2ccc(C)c([N+](=O)[O-])c2)c1C. The van der Waals surface area contributed by atoms with Crippen LogP contribution in [-0.4, -0.2) is 41.0 Å². The van der Waals surface area contributed by atoms with Gasteiger partial charge in [0, 0.05) is 23.0 Å². The molecule has 0 atom stereocenters. The van der Waals surface area contributed by atoms with Crippen molar-refractivity contribution >= 4 is 29.2 Å². The zero-order chi connectivity index (χ0) is 21.7. The number of esters is 2. The number of H-pyrrole nitrogens is 1. The second kappa shape index (κ2) is 9.00. The first-order valence-corrected chi connectivity index (χ1v) is 8.74. The average molecular weight is 403 g/mol. The molecular weight excluding hydrogens is 382 g/mol. The lowest BCUT2D eigenvalue weighted by Gasteiger charge is -2.07. The molecule has 0 saturated heterocycles. The normalized spacial score (nSPS) is 10.3. The number of amides is 1. The summed E-state index contributed by atoms with van der Waals surface area (Å²) in [5, 5.41) is 13.4. The highest BCUT2D eigenvalue weighted by molar-refractivity contribution is 5.99. The molecule has 10 nitrogen and oxygen atoms in total. The molecule has 2 N–H and O–H groups in total. The third-order valence-corrected chi connectivity index (χ3v) is 4.15. The minimum atomic E-state index is -0.814. The topological polar surface area (TPSA) is 141 Å². The van der Waals surface area contributed by atoms with Gasteiger partial charge in [-0.1, -0.05) is 6.07 Å². The summed E-state index contributed by atoms with van der Waals surface area (Å²) in [5.74, 6) is -2.04. The standard InChI is InChI=1S/C19H21N3O7/c1-5-28-18(24)16-11(3)17(20-12(16)4)19(25)29-9-15(23)21-13-7-6-10(2)14(8-13)22(26)27/h6-8,20H,5,9H2,1-4H3,(H,21,23). The molecule has 0 bridgehead atoms. The van der Waals surface area contributed by atoms with Crippen molar-refractivity contribution in [2.75, 3.05) is 18.5 Å². The van der Waals surface area contributed by atoms with E-state index in [0.29, 0.717) is 16.8 Å². The molecule has 1 heterocycles. The van der Waals surface area contributed by atoms with Gasteiger partial charge in [0.25, 0.3) is 11.6 Å². The van der Waals surface area contributed by atoms with Gasteiger partial charge in [0.2, 0.25) is 0 Å². The maximum atomic E-state index is 12.3. The van der Waals surface area contributed by atoms with Gasteiger partial charge in [0.05, 0.1) is 17.1 Å². The quantitative estimate of drug-likeness (QED) is 0.411. The molecule has 1 aromatic heterocycles. The molecule has 1 aromatic carbocycles. The van der Waals surface area contributed by atoms with Gasteiger partial charge in [0.15, 0.2) is 6.61 Å². The molecule has 2 rings (SSSR count). The van der Waals surface area contributed by atoms with Gasteiger partial charge < -0.3 is 19.8 Å². The summed E-state index contributed by atoms with van der Waals surface area (Å²) >= 11 is 0. The van der Waals surface area contributed by atoms with Crippen LogP contribution in [0.5, 0.6) is 0 Å². The van der Waals surface area contributed by atoms with Crippen molar-refractivity contribution in [3.05, 3.63) is 56.4 Å². The fourth-order valence-electron chi connectivity index (χ4n) is 2.75. The molecule has 1 amide bonds. The zero-order valence-corrected chi connectivity index (χ0v) is 16.5. The van der Waals surface area contributed by atoms with E-state index in [1.54, 1.807) is 27.7 Å². The fourth-order valence-corrected chi connectivity index (χ4v) is 2.75. The lowest BCUT2D eigenvalue weighted by molar-refractivity contribution is -0.385. The van der Waals surface area contributed by atoms with E-state index in [4.69, 9.17) is 9.47 Å². The maximum Gasteiger partial charge on any atom is 0.355 e. The van der Waals surface area contributed by atoms with Crippen molar-refractivity contribution in [1.82, 2.24) is 4.98 Å². The Morgan fingerprint density at radius 2 is 1.83 bits per heavy atom. The predicted molar refractivity (Wildman–Crippen MR) is 103 cm³/mol. The number of nitrogens with one attached hydrogen (secondary N) is 2. The molecular formula is C19H21N3O7. The smallest absolute Gasteiger partial charge is 0.355 e. The van der Waals surface area contributed by atoms with E-state index in [0.717, 1.165) is 0 Å². The molecule has 0 unspecified atom stereocenters. The van der Waals surface area contributed by atoms with E-state index in [9.17, 15) is 24.5 Å². The molecule has 0 saturated carbocycles. The summed E-state index contributed by atoms with van der Waals surface area (Å²) < 4.78 is 9.94. The monoisotopic (exact) mass is 403 g/mol. The van der Waals surface area contributed by atoms with Gasteiger partial charge in [-0.05, 0) is 39.3 Å². The van der Waals surface area contributed by atoms with Crippen molar-refractivity contribution in [2.24, 2.45) is 0 Å². The van der Waals surface area contributed by atoms with Crippen LogP contribution in [0.2, 0.25) is 0 Å². The number of nitro benzene ring substituents is 1. The Bertz CT molecular complexity index is 978. The second-order valence-corrected chi connectivity index (χ2v) is 6.23. The van der Waals surface area contributed by atoms with Crippen LogP contribution in [0.25, 0.3) is 0 Å². The minimum absolute atomic E-state index is 0.0457. The number of carbonyl (C=O) groups is 3.